The van der Waals surface area contributed by atoms with Gasteiger partial charge < -0.3 is 9.64 Å². The van der Waals surface area contributed by atoms with Crippen molar-refractivity contribution < 1.29 is 4.74 Å². The van der Waals surface area contributed by atoms with Crippen LogP contribution in [0, 0.1) is 17.2 Å². The molecule has 0 unspecified atom stereocenters. The van der Waals surface area contributed by atoms with E-state index in [-0.39, 0.29) is 12.1 Å². The molecule has 1 heterocycles. The van der Waals surface area contributed by atoms with Crippen LogP contribution in [0.4, 0.5) is 5.69 Å². The number of nitriles is 1. The largest absolute Gasteiger partial charge is 0.359 e. The monoisotopic (exact) mass is 306 g/mol. The highest BCUT2D eigenvalue weighted by Crippen LogP contribution is 2.48. The maximum atomic E-state index is 10.2. The maximum absolute atomic E-state index is 10.2. The summed E-state index contributed by atoms with van der Waals surface area (Å²) in [5, 5.41) is 10.2. The van der Waals surface area contributed by atoms with Crippen molar-refractivity contribution in [2.45, 2.75) is 32.0 Å². The summed E-state index contributed by atoms with van der Waals surface area (Å²) in [6.45, 7) is 4.78. The number of nitrogens with zero attached hydrogens (tertiary/aromatic N) is 2. The van der Waals surface area contributed by atoms with Crippen LogP contribution in [0.3, 0.4) is 0 Å². The van der Waals surface area contributed by atoms with E-state index in [1.54, 1.807) is 0 Å². The molecule has 0 bridgehead atoms. The van der Waals surface area contributed by atoms with E-state index in [2.05, 4.69) is 30.0 Å². The van der Waals surface area contributed by atoms with Gasteiger partial charge >= 0.3 is 0 Å². The number of rotatable bonds is 4. The lowest BCUT2D eigenvalue weighted by Gasteiger charge is -2.39. The van der Waals surface area contributed by atoms with Gasteiger partial charge in [-0.15, -0.1) is 0 Å². The van der Waals surface area contributed by atoms with E-state index in [4.69, 9.17) is 4.74 Å². The van der Waals surface area contributed by atoms with Crippen molar-refractivity contribution in [3.05, 3.63) is 66.2 Å². The molecule has 0 radical (unpaired) electrons. The normalized spacial score (nSPS) is 26.9. The summed E-state index contributed by atoms with van der Waals surface area (Å²) in [5.74, 6) is 0.173. The van der Waals surface area contributed by atoms with Crippen LogP contribution >= 0.6 is 0 Å². The van der Waals surface area contributed by atoms with Crippen LogP contribution in [0.2, 0.25) is 0 Å². The van der Waals surface area contributed by atoms with Crippen molar-refractivity contribution in [3.63, 3.8) is 0 Å². The Balaban J connectivity index is 2.17. The van der Waals surface area contributed by atoms with E-state index in [0.29, 0.717) is 6.61 Å². The molecule has 1 aliphatic rings. The number of ether oxygens (including phenoxy) is 1. The minimum Gasteiger partial charge on any atom is -0.359 e. The van der Waals surface area contributed by atoms with Crippen molar-refractivity contribution in [2.24, 2.45) is 5.92 Å². The van der Waals surface area contributed by atoms with Crippen LogP contribution in [0.15, 0.2) is 60.7 Å². The molecule has 3 nitrogen and oxygen atoms in total. The van der Waals surface area contributed by atoms with Crippen molar-refractivity contribution in [1.29, 1.82) is 5.26 Å². The molecule has 0 aromatic heterocycles. The maximum Gasteiger partial charge on any atom is 0.158 e. The Morgan fingerprint density at radius 1 is 1.13 bits per heavy atom. The number of para-hydroxylation sites is 1. The first-order valence-electron chi connectivity index (χ1n) is 8.16. The van der Waals surface area contributed by atoms with Gasteiger partial charge in [0.1, 0.15) is 6.23 Å². The zero-order chi connectivity index (χ0) is 16.3. The molecule has 3 atom stereocenters. The molecule has 118 valence electrons. The molecule has 1 fully saturated rings. The third-order valence-corrected chi connectivity index (χ3v) is 4.71. The van der Waals surface area contributed by atoms with Crippen molar-refractivity contribution in [3.8, 4) is 6.07 Å². The molecule has 2 aromatic carbocycles. The van der Waals surface area contributed by atoms with Gasteiger partial charge in [0.15, 0.2) is 5.54 Å². The van der Waals surface area contributed by atoms with E-state index in [1.165, 1.54) is 0 Å². The van der Waals surface area contributed by atoms with Crippen LogP contribution in [-0.2, 0) is 10.3 Å². The minimum atomic E-state index is -0.706. The molecule has 23 heavy (non-hydrogen) atoms. The Bertz CT molecular complexity index is 680. The van der Waals surface area contributed by atoms with Gasteiger partial charge in [-0.3, -0.25) is 0 Å². The van der Waals surface area contributed by atoms with E-state index in [9.17, 15) is 5.26 Å². The number of hydrogen-bond donors (Lipinski definition) is 0. The molecule has 0 amide bonds. The lowest BCUT2D eigenvalue weighted by atomic mass is 9.80. The first-order chi connectivity index (χ1) is 11.2. The Morgan fingerprint density at radius 2 is 1.74 bits per heavy atom. The average Bonchev–Trinajstić information content (AvgIpc) is 2.89. The zero-order valence-corrected chi connectivity index (χ0v) is 13.6. The van der Waals surface area contributed by atoms with Gasteiger partial charge in [0.05, 0.1) is 6.07 Å². The molecular weight excluding hydrogens is 284 g/mol. The second-order valence-corrected chi connectivity index (χ2v) is 6.00. The molecule has 0 aliphatic carbocycles. The Morgan fingerprint density at radius 3 is 2.30 bits per heavy atom. The standard InChI is InChI=1S/C20H22N2O/c1-3-23-19-14-16(2)20(15-21,17-10-6-4-7-11-17)22(19)18-12-8-5-9-13-18/h4-13,16,19H,3,14H2,1-2H3/t16-,19-,20-/m0/s1. The van der Waals surface area contributed by atoms with Crippen molar-refractivity contribution in [2.75, 3.05) is 11.5 Å². The summed E-state index contributed by atoms with van der Waals surface area (Å²) in [6, 6.07) is 22.8. The van der Waals surface area contributed by atoms with E-state index < -0.39 is 5.54 Å². The van der Waals surface area contributed by atoms with Gasteiger partial charge in [0.25, 0.3) is 0 Å². The Hall–Kier alpha value is -2.31. The topological polar surface area (TPSA) is 36.3 Å². The fourth-order valence-electron chi connectivity index (χ4n) is 3.68. The van der Waals surface area contributed by atoms with Gasteiger partial charge in [0, 0.05) is 18.2 Å². The summed E-state index contributed by atoms with van der Waals surface area (Å²) in [4.78, 5) is 2.16. The van der Waals surface area contributed by atoms with Gasteiger partial charge in [-0.05, 0) is 31.0 Å². The molecule has 3 rings (SSSR count). The van der Waals surface area contributed by atoms with Gasteiger partial charge in [0.2, 0.25) is 0 Å². The predicted molar refractivity (Wildman–Crippen MR) is 91.8 cm³/mol. The lowest BCUT2D eigenvalue weighted by molar-refractivity contribution is 0.0657. The molecule has 0 spiro atoms. The predicted octanol–water partition coefficient (Wildman–Crippen LogP) is 4.31. The molecule has 2 aromatic rings. The van der Waals surface area contributed by atoms with Crippen LogP contribution in [0.1, 0.15) is 25.8 Å². The van der Waals surface area contributed by atoms with E-state index in [1.807, 2.05) is 55.5 Å². The van der Waals surface area contributed by atoms with Crippen LogP contribution in [-0.4, -0.2) is 12.8 Å². The number of hydrogen-bond acceptors (Lipinski definition) is 3. The Labute approximate surface area is 138 Å². The van der Waals surface area contributed by atoms with E-state index in [0.717, 1.165) is 17.7 Å². The fraction of sp³-hybridized carbons (Fsp3) is 0.350. The second-order valence-electron chi connectivity index (χ2n) is 6.00. The number of benzene rings is 2. The van der Waals surface area contributed by atoms with Crippen LogP contribution < -0.4 is 4.90 Å². The summed E-state index contributed by atoms with van der Waals surface area (Å²) < 4.78 is 5.99. The highest BCUT2D eigenvalue weighted by atomic mass is 16.5. The molecule has 1 saturated heterocycles. The molecule has 3 heteroatoms. The van der Waals surface area contributed by atoms with Gasteiger partial charge in [-0.1, -0.05) is 55.5 Å². The van der Waals surface area contributed by atoms with Gasteiger partial charge in [-0.25, -0.2) is 0 Å². The summed E-state index contributed by atoms with van der Waals surface area (Å²) in [6.07, 6.45) is 0.753. The van der Waals surface area contributed by atoms with Crippen molar-refractivity contribution in [1.82, 2.24) is 0 Å². The quantitative estimate of drug-likeness (QED) is 0.844. The SMILES string of the molecule is CCO[C@H]1C[C@H](C)[C@@](C#N)(c2ccccc2)N1c1ccccc1. The van der Waals surface area contributed by atoms with E-state index >= 15 is 0 Å². The fourth-order valence-corrected chi connectivity index (χ4v) is 3.68. The summed E-state index contributed by atoms with van der Waals surface area (Å²) in [7, 11) is 0. The third-order valence-electron chi connectivity index (χ3n) is 4.71. The lowest BCUT2D eigenvalue weighted by Crippen LogP contribution is -2.47. The highest BCUT2D eigenvalue weighted by Gasteiger charge is 2.53. The van der Waals surface area contributed by atoms with Gasteiger partial charge in [-0.2, -0.15) is 5.26 Å². The molecular formula is C20H22N2O. The first-order valence-corrected chi connectivity index (χ1v) is 8.16. The summed E-state index contributed by atoms with van der Waals surface area (Å²) in [5.41, 5.74) is 1.35. The molecule has 1 aliphatic heterocycles. The van der Waals surface area contributed by atoms with Crippen LogP contribution in [0.5, 0.6) is 0 Å². The van der Waals surface area contributed by atoms with Crippen molar-refractivity contribution >= 4 is 5.69 Å². The minimum absolute atomic E-state index is 0.0859. The average molecular weight is 306 g/mol. The third kappa shape index (κ3) is 2.50. The molecule has 0 saturated carbocycles. The Kier molecular flexibility index (Phi) is 4.36. The van der Waals surface area contributed by atoms with Crippen LogP contribution in [0.25, 0.3) is 0 Å². The summed E-state index contributed by atoms with van der Waals surface area (Å²) >= 11 is 0. The number of anilines is 1. The molecule has 0 N–H and O–H groups in total. The first kappa shape index (κ1) is 15.6. The second kappa shape index (κ2) is 6.44. The smallest absolute Gasteiger partial charge is 0.158 e. The highest BCUT2D eigenvalue weighted by molar-refractivity contribution is 5.57. The zero-order valence-electron chi connectivity index (χ0n) is 13.6.